The molecule has 1 aliphatic heterocycles. The zero-order valence-electron chi connectivity index (χ0n) is 16.5. The van der Waals surface area contributed by atoms with Gasteiger partial charge in [-0.3, -0.25) is 4.79 Å². The van der Waals surface area contributed by atoms with E-state index in [2.05, 4.69) is 19.1 Å². The number of hydrogen-bond acceptors (Lipinski definition) is 4. The van der Waals surface area contributed by atoms with Crippen LogP contribution < -0.4 is 4.74 Å². The summed E-state index contributed by atoms with van der Waals surface area (Å²) in [5.74, 6) is -0.0344. The van der Waals surface area contributed by atoms with Gasteiger partial charge in [-0.1, -0.05) is 31.9 Å². The normalized spacial score (nSPS) is 22.0. The van der Waals surface area contributed by atoms with E-state index in [0.717, 1.165) is 25.0 Å². The van der Waals surface area contributed by atoms with Crippen LogP contribution in [0.15, 0.2) is 36.4 Å². The largest absolute Gasteiger partial charge is 0.497 e. The van der Waals surface area contributed by atoms with Crippen molar-refractivity contribution in [2.45, 2.75) is 77.3 Å². The molecule has 0 saturated carbocycles. The van der Waals surface area contributed by atoms with Crippen LogP contribution in [0.1, 0.15) is 69.7 Å². The van der Waals surface area contributed by atoms with Crippen molar-refractivity contribution >= 4 is 5.78 Å². The maximum Gasteiger partial charge on any atom is 0.194 e. The van der Waals surface area contributed by atoms with E-state index in [-0.39, 0.29) is 11.9 Å². The summed E-state index contributed by atoms with van der Waals surface area (Å²) in [6.45, 7) is 5.94. The Morgan fingerprint density at radius 2 is 1.81 bits per heavy atom. The van der Waals surface area contributed by atoms with Crippen LogP contribution in [0.4, 0.5) is 0 Å². The van der Waals surface area contributed by atoms with Crippen LogP contribution in [-0.2, 0) is 9.47 Å². The third-order valence-electron chi connectivity index (χ3n) is 4.58. The molecule has 1 aromatic rings. The number of hydrogen-bond donors (Lipinski definition) is 0. The molecule has 0 aliphatic carbocycles. The molecule has 0 N–H and O–H groups in total. The van der Waals surface area contributed by atoms with E-state index in [9.17, 15) is 4.79 Å². The summed E-state index contributed by atoms with van der Waals surface area (Å²) >= 11 is 0. The van der Waals surface area contributed by atoms with E-state index in [1.807, 2.05) is 13.8 Å². The van der Waals surface area contributed by atoms with Gasteiger partial charge in [-0.05, 0) is 63.8 Å². The van der Waals surface area contributed by atoms with Gasteiger partial charge in [0.15, 0.2) is 11.6 Å². The highest BCUT2D eigenvalue weighted by Crippen LogP contribution is 2.32. The average molecular weight is 360 g/mol. The molecular weight excluding hydrogens is 328 g/mol. The van der Waals surface area contributed by atoms with Crippen LogP contribution >= 0.6 is 0 Å². The minimum absolute atomic E-state index is 0.0323. The van der Waals surface area contributed by atoms with Crippen molar-refractivity contribution in [1.82, 2.24) is 0 Å². The van der Waals surface area contributed by atoms with Gasteiger partial charge in [-0.15, -0.1) is 0 Å². The number of allylic oxidation sites excluding steroid dienone is 2. The van der Waals surface area contributed by atoms with Crippen LogP contribution in [0.5, 0.6) is 5.75 Å². The van der Waals surface area contributed by atoms with Gasteiger partial charge >= 0.3 is 0 Å². The highest BCUT2D eigenvalue weighted by Gasteiger charge is 2.44. The molecule has 0 unspecified atom stereocenters. The molecule has 1 aromatic carbocycles. The van der Waals surface area contributed by atoms with Gasteiger partial charge in [-0.25, -0.2) is 0 Å². The first-order valence-electron chi connectivity index (χ1n) is 9.65. The molecule has 0 spiro atoms. The molecule has 0 radical (unpaired) electrons. The topological polar surface area (TPSA) is 44.8 Å². The summed E-state index contributed by atoms with van der Waals surface area (Å²) in [6.07, 6.45) is 10.2. The van der Waals surface area contributed by atoms with Gasteiger partial charge in [0.2, 0.25) is 0 Å². The summed E-state index contributed by atoms with van der Waals surface area (Å²) in [7, 11) is 1.61. The molecule has 0 aromatic heterocycles. The molecule has 2 rings (SSSR count). The molecule has 144 valence electrons. The minimum atomic E-state index is -0.734. The first kappa shape index (κ1) is 20.7. The van der Waals surface area contributed by atoms with E-state index in [1.54, 1.807) is 31.4 Å². The van der Waals surface area contributed by atoms with Gasteiger partial charge in [0, 0.05) is 5.56 Å². The van der Waals surface area contributed by atoms with Gasteiger partial charge in [-0.2, -0.15) is 0 Å². The fraction of sp³-hybridized carbons (Fsp3) is 0.591. The average Bonchev–Trinajstić information content (AvgIpc) is 2.95. The Hall–Kier alpha value is -1.65. The number of Topliss-reactive ketones (excluding diaryl/α,β-unsaturated/α-hetero) is 1. The first-order chi connectivity index (χ1) is 12.5. The summed E-state index contributed by atoms with van der Waals surface area (Å²) in [4.78, 5) is 12.9. The summed E-state index contributed by atoms with van der Waals surface area (Å²) < 4.78 is 17.1. The lowest BCUT2D eigenvalue weighted by Crippen LogP contribution is -2.31. The second-order valence-electron chi connectivity index (χ2n) is 7.23. The standard InChI is InChI=1S/C22H32O4/c1-5-6-7-8-9-10-11-12-19-21(26-22(2,3)25-19)20(23)17-13-15-18(24-4)16-14-17/h9-10,13-16,19,21H,5-8,11-12H2,1-4H3/b10-9+/t19-,21+/m0/s1. The molecule has 4 heteroatoms. The highest BCUT2D eigenvalue weighted by molar-refractivity contribution is 6.00. The van der Waals surface area contributed by atoms with E-state index >= 15 is 0 Å². The molecule has 1 saturated heterocycles. The first-order valence-corrected chi connectivity index (χ1v) is 9.65. The lowest BCUT2D eigenvalue weighted by Gasteiger charge is -2.16. The predicted molar refractivity (Wildman–Crippen MR) is 104 cm³/mol. The van der Waals surface area contributed by atoms with Gasteiger partial charge < -0.3 is 14.2 Å². The van der Waals surface area contributed by atoms with Crippen LogP contribution in [0.2, 0.25) is 0 Å². The minimum Gasteiger partial charge on any atom is -0.497 e. The Morgan fingerprint density at radius 1 is 1.12 bits per heavy atom. The number of carbonyl (C=O) groups excluding carboxylic acids is 1. The number of ether oxygens (including phenoxy) is 3. The summed E-state index contributed by atoms with van der Waals surface area (Å²) in [5, 5.41) is 0. The third-order valence-corrected chi connectivity index (χ3v) is 4.58. The maximum absolute atomic E-state index is 12.9. The van der Waals surface area contributed by atoms with E-state index in [0.29, 0.717) is 5.56 Å². The molecule has 0 bridgehead atoms. The molecule has 2 atom stereocenters. The number of methoxy groups -OCH3 is 1. The summed E-state index contributed by atoms with van der Waals surface area (Å²) in [6, 6.07) is 7.14. The Bertz CT molecular complexity index is 589. The summed E-state index contributed by atoms with van der Waals surface area (Å²) in [5.41, 5.74) is 0.622. The fourth-order valence-electron chi connectivity index (χ4n) is 3.20. The van der Waals surface area contributed by atoms with Crippen molar-refractivity contribution in [3.63, 3.8) is 0 Å². The van der Waals surface area contributed by atoms with Crippen LogP contribution in [0.3, 0.4) is 0 Å². The van der Waals surface area contributed by atoms with Crippen LogP contribution in [-0.4, -0.2) is 30.9 Å². The molecule has 4 nitrogen and oxygen atoms in total. The number of benzene rings is 1. The second kappa shape index (κ2) is 9.89. The lowest BCUT2D eigenvalue weighted by molar-refractivity contribution is -0.143. The molecule has 26 heavy (non-hydrogen) atoms. The third kappa shape index (κ3) is 5.96. The number of carbonyl (C=O) groups is 1. The molecule has 0 amide bonds. The van der Waals surface area contributed by atoms with Gasteiger partial charge in [0.25, 0.3) is 0 Å². The maximum atomic E-state index is 12.9. The van der Waals surface area contributed by atoms with E-state index in [1.165, 1.54) is 19.3 Å². The highest BCUT2D eigenvalue weighted by atomic mass is 16.8. The Kier molecular flexibility index (Phi) is 7.85. The van der Waals surface area contributed by atoms with Crippen molar-refractivity contribution in [3.05, 3.63) is 42.0 Å². The second-order valence-corrected chi connectivity index (χ2v) is 7.23. The monoisotopic (exact) mass is 360 g/mol. The fourth-order valence-corrected chi connectivity index (χ4v) is 3.20. The van der Waals surface area contributed by atoms with Gasteiger partial charge in [0.05, 0.1) is 13.2 Å². The van der Waals surface area contributed by atoms with Crippen molar-refractivity contribution < 1.29 is 19.0 Å². The van der Waals surface area contributed by atoms with Crippen LogP contribution in [0.25, 0.3) is 0 Å². The molecule has 1 aliphatic rings. The van der Waals surface area contributed by atoms with Crippen molar-refractivity contribution in [2.75, 3.05) is 7.11 Å². The van der Waals surface area contributed by atoms with Crippen molar-refractivity contribution in [3.8, 4) is 5.75 Å². The molecular formula is C22H32O4. The van der Waals surface area contributed by atoms with E-state index < -0.39 is 11.9 Å². The lowest BCUT2D eigenvalue weighted by atomic mass is 9.99. The molecule has 1 heterocycles. The SMILES string of the molecule is CCCCC/C=C/CC[C@@H]1OC(C)(C)O[C@H]1C(=O)c1ccc(OC)cc1. The number of ketones is 1. The molecule has 1 fully saturated rings. The number of rotatable bonds is 10. The Morgan fingerprint density at radius 3 is 2.46 bits per heavy atom. The quantitative estimate of drug-likeness (QED) is 0.322. The Labute approximate surface area is 157 Å². The van der Waals surface area contributed by atoms with Gasteiger partial charge in [0.1, 0.15) is 11.9 Å². The zero-order chi connectivity index (χ0) is 19.0. The van der Waals surface area contributed by atoms with Crippen molar-refractivity contribution in [1.29, 1.82) is 0 Å². The Balaban J connectivity index is 1.94. The predicted octanol–water partition coefficient (Wildman–Crippen LogP) is 5.31. The smallest absolute Gasteiger partial charge is 0.194 e. The van der Waals surface area contributed by atoms with Crippen molar-refractivity contribution in [2.24, 2.45) is 0 Å². The zero-order valence-corrected chi connectivity index (χ0v) is 16.5. The van der Waals surface area contributed by atoms with Crippen LogP contribution in [0, 0.1) is 0 Å². The number of unbranched alkanes of at least 4 members (excludes halogenated alkanes) is 3. The van der Waals surface area contributed by atoms with E-state index in [4.69, 9.17) is 14.2 Å².